The lowest BCUT2D eigenvalue weighted by Gasteiger charge is -2.10. The van der Waals surface area contributed by atoms with Gasteiger partial charge in [-0.05, 0) is 61.4 Å². The summed E-state index contributed by atoms with van der Waals surface area (Å²) < 4.78 is 36.9. The second-order valence-electron chi connectivity index (χ2n) is 6.17. The third-order valence-electron chi connectivity index (χ3n) is 4.46. The van der Waals surface area contributed by atoms with Gasteiger partial charge in [0.2, 0.25) is 0 Å². The van der Waals surface area contributed by atoms with Crippen molar-refractivity contribution in [2.45, 2.75) is 51.7 Å². The van der Waals surface area contributed by atoms with Gasteiger partial charge in [-0.25, -0.2) is 0 Å². The van der Waals surface area contributed by atoms with Crippen LogP contribution in [-0.2, 0) is 19.4 Å². The SMILES string of the molecule is Cc1[nH]c2cc3c(cc2c1CNCC(F)(F)F)CCCCC3. The number of aryl methyl sites for hydroxylation is 3. The van der Waals surface area contributed by atoms with E-state index in [1.54, 1.807) is 0 Å². The van der Waals surface area contributed by atoms with Crippen LogP contribution in [0, 0.1) is 6.92 Å². The minimum absolute atomic E-state index is 0.240. The molecule has 1 aliphatic carbocycles. The van der Waals surface area contributed by atoms with E-state index in [2.05, 4.69) is 22.4 Å². The minimum atomic E-state index is -4.17. The van der Waals surface area contributed by atoms with Crippen molar-refractivity contribution in [3.8, 4) is 0 Å². The first-order chi connectivity index (χ1) is 10.4. The molecule has 3 rings (SSSR count). The normalized spacial score (nSPS) is 15.8. The number of rotatable bonds is 3. The second-order valence-corrected chi connectivity index (χ2v) is 6.17. The molecule has 0 amide bonds. The Morgan fingerprint density at radius 1 is 1.09 bits per heavy atom. The number of fused-ring (bicyclic) bond motifs is 2. The summed E-state index contributed by atoms with van der Waals surface area (Å²) in [5, 5.41) is 3.57. The quantitative estimate of drug-likeness (QED) is 0.808. The maximum Gasteiger partial charge on any atom is 0.401 e. The zero-order chi connectivity index (χ0) is 15.7. The molecule has 120 valence electrons. The number of H-pyrrole nitrogens is 1. The monoisotopic (exact) mass is 310 g/mol. The maximum absolute atomic E-state index is 12.3. The van der Waals surface area contributed by atoms with Gasteiger partial charge >= 0.3 is 6.18 Å². The van der Waals surface area contributed by atoms with Gasteiger partial charge in [-0.15, -0.1) is 0 Å². The van der Waals surface area contributed by atoms with Crippen LogP contribution in [0.3, 0.4) is 0 Å². The summed E-state index contributed by atoms with van der Waals surface area (Å²) in [4.78, 5) is 3.32. The molecule has 2 aromatic rings. The van der Waals surface area contributed by atoms with Gasteiger partial charge in [0.15, 0.2) is 0 Å². The molecule has 0 saturated carbocycles. The molecule has 1 aliphatic rings. The molecule has 0 fully saturated rings. The van der Waals surface area contributed by atoms with E-state index in [0.29, 0.717) is 0 Å². The highest BCUT2D eigenvalue weighted by Gasteiger charge is 2.26. The lowest BCUT2D eigenvalue weighted by atomic mass is 9.99. The van der Waals surface area contributed by atoms with Crippen LogP contribution >= 0.6 is 0 Å². The van der Waals surface area contributed by atoms with Crippen molar-refractivity contribution in [3.05, 3.63) is 34.5 Å². The number of alkyl halides is 3. The van der Waals surface area contributed by atoms with Crippen molar-refractivity contribution in [2.75, 3.05) is 6.54 Å². The van der Waals surface area contributed by atoms with E-state index < -0.39 is 12.7 Å². The minimum Gasteiger partial charge on any atom is -0.358 e. The van der Waals surface area contributed by atoms with Crippen LogP contribution in [0.15, 0.2) is 12.1 Å². The lowest BCUT2D eigenvalue weighted by Crippen LogP contribution is -2.28. The van der Waals surface area contributed by atoms with Gasteiger partial charge in [0.25, 0.3) is 0 Å². The number of hydrogen-bond donors (Lipinski definition) is 2. The summed E-state index contributed by atoms with van der Waals surface area (Å²) in [6, 6.07) is 4.38. The summed E-state index contributed by atoms with van der Waals surface area (Å²) in [5.74, 6) is 0. The Labute approximate surface area is 128 Å². The van der Waals surface area contributed by atoms with E-state index in [4.69, 9.17) is 0 Å². The molecule has 2 N–H and O–H groups in total. The molecular weight excluding hydrogens is 289 g/mol. The third-order valence-corrected chi connectivity index (χ3v) is 4.46. The van der Waals surface area contributed by atoms with Crippen molar-refractivity contribution < 1.29 is 13.2 Å². The Hall–Kier alpha value is -1.49. The van der Waals surface area contributed by atoms with E-state index in [1.807, 2.05) is 6.92 Å². The summed E-state index contributed by atoms with van der Waals surface area (Å²) in [6.45, 7) is 1.21. The van der Waals surface area contributed by atoms with Gasteiger partial charge in [0, 0.05) is 23.1 Å². The zero-order valence-electron chi connectivity index (χ0n) is 12.7. The van der Waals surface area contributed by atoms with Gasteiger partial charge in [0.1, 0.15) is 0 Å². The number of benzene rings is 1. The molecule has 2 nitrogen and oxygen atoms in total. The first kappa shape index (κ1) is 15.4. The molecule has 1 aromatic heterocycles. The van der Waals surface area contributed by atoms with Crippen LogP contribution < -0.4 is 5.32 Å². The van der Waals surface area contributed by atoms with E-state index >= 15 is 0 Å². The molecule has 0 atom stereocenters. The Balaban J connectivity index is 1.89. The highest BCUT2D eigenvalue weighted by molar-refractivity contribution is 5.86. The molecule has 0 bridgehead atoms. The molecule has 0 spiro atoms. The van der Waals surface area contributed by atoms with E-state index in [9.17, 15) is 13.2 Å². The zero-order valence-corrected chi connectivity index (χ0v) is 12.7. The Morgan fingerprint density at radius 2 is 1.77 bits per heavy atom. The molecule has 1 heterocycles. The van der Waals surface area contributed by atoms with Crippen molar-refractivity contribution in [1.82, 2.24) is 10.3 Å². The van der Waals surface area contributed by atoms with Gasteiger partial charge in [0.05, 0.1) is 6.54 Å². The molecular formula is C17H21F3N2. The highest BCUT2D eigenvalue weighted by Crippen LogP contribution is 2.29. The fraction of sp³-hybridized carbons (Fsp3) is 0.529. The van der Waals surface area contributed by atoms with Gasteiger partial charge in [-0.2, -0.15) is 13.2 Å². The molecule has 0 aliphatic heterocycles. The van der Waals surface area contributed by atoms with E-state index in [-0.39, 0.29) is 6.54 Å². The Bertz CT molecular complexity index is 671. The van der Waals surface area contributed by atoms with Gasteiger partial charge < -0.3 is 10.3 Å². The van der Waals surface area contributed by atoms with E-state index in [1.165, 1.54) is 30.4 Å². The molecule has 5 heteroatoms. The number of nitrogens with one attached hydrogen (secondary N) is 2. The summed E-state index contributed by atoms with van der Waals surface area (Å²) >= 11 is 0. The second kappa shape index (κ2) is 5.95. The van der Waals surface area contributed by atoms with Crippen molar-refractivity contribution in [3.63, 3.8) is 0 Å². The topological polar surface area (TPSA) is 27.8 Å². The molecule has 1 aromatic carbocycles. The average Bonchev–Trinajstić information content (AvgIpc) is 2.61. The number of aromatic nitrogens is 1. The van der Waals surface area contributed by atoms with Crippen LogP contribution in [0.25, 0.3) is 10.9 Å². The number of aromatic amines is 1. The predicted octanol–water partition coefficient (Wildman–Crippen LogP) is 4.40. The fourth-order valence-electron chi connectivity index (χ4n) is 3.35. The van der Waals surface area contributed by atoms with Gasteiger partial charge in [-0.3, -0.25) is 0 Å². The summed E-state index contributed by atoms with van der Waals surface area (Å²) in [7, 11) is 0. The first-order valence-corrected chi connectivity index (χ1v) is 7.84. The Morgan fingerprint density at radius 3 is 2.45 bits per heavy atom. The number of hydrogen-bond acceptors (Lipinski definition) is 1. The van der Waals surface area contributed by atoms with Crippen LogP contribution in [0.2, 0.25) is 0 Å². The largest absolute Gasteiger partial charge is 0.401 e. The van der Waals surface area contributed by atoms with Crippen molar-refractivity contribution >= 4 is 10.9 Å². The van der Waals surface area contributed by atoms with Crippen LogP contribution in [0.5, 0.6) is 0 Å². The third kappa shape index (κ3) is 3.29. The smallest absolute Gasteiger partial charge is 0.358 e. The molecule has 0 radical (unpaired) electrons. The Kier molecular flexibility index (Phi) is 4.17. The molecule has 0 unspecified atom stereocenters. The standard InChI is InChI=1S/C17H21F3N2/c1-11-15(9-21-10-17(18,19)20)14-7-12-5-3-2-4-6-13(12)8-16(14)22-11/h7-8,21-22H,2-6,9-10H2,1H3. The lowest BCUT2D eigenvalue weighted by molar-refractivity contribution is -0.125. The molecule has 0 saturated heterocycles. The van der Waals surface area contributed by atoms with Crippen LogP contribution in [-0.4, -0.2) is 17.7 Å². The fourth-order valence-corrected chi connectivity index (χ4v) is 3.35. The average molecular weight is 310 g/mol. The van der Waals surface area contributed by atoms with Gasteiger partial charge in [-0.1, -0.05) is 6.42 Å². The highest BCUT2D eigenvalue weighted by atomic mass is 19.4. The number of halogens is 3. The summed E-state index contributed by atoms with van der Waals surface area (Å²) in [5.41, 5.74) is 5.69. The van der Waals surface area contributed by atoms with Crippen LogP contribution in [0.1, 0.15) is 41.6 Å². The predicted molar refractivity (Wildman–Crippen MR) is 82.1 cm³/mol. The molecule has 22 heavy (non-hydrogen) atoms. The van der Waals surface area contributed by atoms with Crippen molar-refractivity contribution in [2.24, 2.45) is 0 Å². The van der Waals surface area contributed by atoms with Crippen molar-refractivity contribution in [1.29, 1.82) is 0 Å². The summed E-state index contributed by atoms with van der Waals surface area (Å²) in [6.07, 6.45) is 1.68. The van der Waals surface area contributed by atoms with Crippen LogP contribution in [0.4, 0.5) is 13.2 Å². The maximum atomic E-state index is 12.3. The first-order valence-electron chi connectivity index (χ1n) is 7.84. The van der Waals surface area contributed by atoms with E-state index in [0.717, 1.165) is 35.0 Å².